The summed E-state index contributed by atoms with van der Waals surface area (Å²) in [7, 11) is 0. The highest BCUT2D eigenvalue weighted by Gasteiger charge is 2.06. The molecule has 14 heavy (non-hydrogen) atoms. The zero-order chi connectivity index (χ0) is 10.1. The monoisotopic (exact) mass is 253 g/mol. The Bertz CT molecular complexity index is 462. The second kappa shape index (κ2) is 3.75. The number of H-pyrrole nitrogens is 1. The summed E-state index contributed by atoms with van der Waals surface area (Å²) < 4.78 is 1.09. The number of rotatable bonds is 2. The van der Waals surface area contributed by atoms with Crippen LogP contribution in [0.5, 0.6) is 0 Å². The molecule has 0 fully saturated rings. The highest BCUT2D eigenvalue weighted by Crippen LogP contribution is 2.25. The van der Waals surface area contributed by atoms with E-state index in [9.17, 15) is 0 Å². The number of aliphatic hydroxyl groups is 1. The van der Waals surface area contributed by atoms with Crippen molar-refractivity contribution in [2.75, 3.05) is 6.61 Å². The van der Waals surface area contributed by atoms with Crippen LogP contribution in [0.4, 0.5) is 0 Å². The zero-order valence-corrected chi connectivity index (χ0v) is 9.56. The van der Waals surface area contributed by atoms with Crippen LogP contribution in [0.25, 0.3) is 10.9 Å². The van der Waals surface area contributed by atoms with E-state index in [0.717, 1.165) is 15.7 Å². The van der Waals surface area contributed by atoms with Gasteiger partial charge in [-0.25, -0.2) is 0 Å². The number of fused-ring (bicyclic) bond motifs is 1. The van der Waals surface area contributed by atoms with Gasteiger partial charge in [-0.1, -0.05) is 15.9 Å². The summed E-state index contributed by atoms with van der Waals surface area (Å²) in [5, 5.41) is 10.1. The molecule has 2 aromatic rings. The van der Waals surface area contributed by atoms with Crippen LogP contribution in [-0.4, -0.2) is 16.7 Å². The van der Waals surface area contributed by atoms with E-state index < -0.39 is 0 Å². The van der Waals surface area contributed by atoms with Gasteiger partial charge in [-0.2, -0.15) is 0 Å². The Hall–Kier alpha value is -0.800. The second-order valence-corrected chi connectivity index (χ2v) is 4.31. The zero-order valence-electron chi connectivity index (χ0n) is 7.97. The van der Waals surface area contributed by atoms with Gasteiger partial charge < -0.3 is 10.1 Å². The second-order valence-electron chi connectivity index (χ2n) is 3.39. The molecule has 2 rings (SSSR count). The third kappa shape index (κ3) is 1.57. The lowest BCUT2D eigenvalue weighted by Crippen LogP contribution is -1.92. The molecule has 74 valence electrons. The van der Waals surface area contributed by atoms with E-state index in [0.29, 0.717) is 6.42 Å². The average Bonchev–Trinajstić information content (AvgIpc) is 2.46. The predicted octanol–water partition coefficient (Wildman–Crippen LogP) is 2.77. The third-order valence-corrected chi connectivity index (χ3v) is 2.98. The van der Waals surface area contributed by atoms with Gasteiger partial charge in [0.25, 0.3) is 0 Å². The van der Waals surface area contributed by atoms with Crippen molar-refractivity contribution in [3.05, 3.63) is 33.9 Å². The lowest BCUT2D eigenvalue weighted by molar-refractivity contribution is 0.298. The van der Waals surface area contributed by atoms with E-state index in [1.165, 1.54) is 10.9 Å². The number of benzene rings is 1. The van der Waals surface area contributed by atoms with Gasteiger partial charge >= 0.3 is 0 Å². The van der Waals surface area contributed by atoms with Crippen LogP contribution < -0.4 is 0 Å². The molecule has 0 aliphatic heterocycles. The summed E-state index contributed by atoms with van der Waals surface area (Å²) in [6.45, 7) is 2.27. The Balaban J connectivity index is 2.62. The lowest BCUT2D eigenvalue weighted by atomic mass is 10.1. The maximum absolute atomic E-state index is 8.89. The number of aryl methyl sites for hydroxylation is 1. The number of aromatic amines is 1. The molecule has 3 heteroatoms. The van der Waals surface area contributed by atoms with Crippen LogP contribution in [0.3, 0.4) is 0 Å². The standard InChI is InChI=1S/C11H12BrNO/c1-7-9-6-8(12)2-3-11(9)13-10(7)4-5-14/h2-3,6,13-14H,4-5H2,1H3. The summed E-state index contributed by atoms with van der Waals surface area (Å²) in [4.78, 5) is 3.31. The molecule has 0 bridgehead atoms. The van der Waals surface area contributed by atoms with Crippen molar-refractivity contribution in [3.63, 3.8) is 0 Å². The van der Waals surface area contributed by atoms with Gasteiger partial charge in [0.05, 0.1) is 0 Å². The van der Waals surface area contributed by atoms with E-state index >= 15 is 0 Å². The van der Waals surface area contributed by atoms with E-state index in [2.05, 4.69) is 33.9 Å². The van der Waals surface area contributed by atoms with Crippen molar-refractivity contribution >= 4 is 26.8 Å². The van der Waals surface area contributed by atoms with E-state index in [1.807, 2.05) is 12.1 Å². The van der Waals surface area contributed by atoms with Crippen LogP contribution in [0.1, 0.15) is 11.3 Å². The Morgan fingerprint density at radius 3 is 2.93 bits per heavy atom. The molecule has 0 spiro atoms. The largest absolute Gasteiger partial charge is 0.396 e. The van der Waals surface area contributed by atoms with E-state index in [-0.39, 0.29) is 6.61 Å². The average molecular weight is 254 g/mol. The molecule has 0 saturated carbocycles. The highest BCUT2D eigenvalue weighted by atomic mass is 79.9. The minimum Gasteiger partial charge on any atom is -0.396 e. The van der Waals surface area contributed by atoms with Crippen LogP contribution in [-0.2, 0) is 6.42 Å². The number of aliphatic hydroxyl groups excluding tert-OH is 1. The fraction of sp³-hybridized carbons (Fsp3) is 0.273. The summed E-state index contributed by atoms with van der Waals surface area (Å²) in [6, 6.07) is 6.16. The van der Waals surface area contributed by atoms with Gasteiger partial charge in [0.1, 0.15) is 0 Å². The molecule has 2 nitrogen and oxygen atoms in total. The molecule has 2 N–H and O–H groups in total. The van der Waals surface area contributed by atoms with Crippen LogP contribution in [0.15, 0.2) is 22.7 Å². The third-order valence-electron chi connectivity index (χ3n) is 2.49. The molecule has 0 atom stereocenters. The first kappa shape index (κ1) is 9.74. The molecule has 0 radical (unpaired) electrons. The number of hydrogen-bond acceptors (Lipinski definition) is 1. The Labute approximate surface area is 91.1 Å². The fourth-order valence-electron chi connectivity index (χ4n) is 1.72. The van der Waals surface area contributed by atoms with Crippen molar-refractivity contribution in [3.8, 4) is 0 Å². The predicted molar refractivity (Wildman–Crippen MR) is 61.5 cm³/mol. The number of aromatic nitrogens is 1. The summed E-state index contributed by atoms with van der Waals surface area (Å²) in [5.41, 5.74) is 3.49. The lowest BCUT2D eigenvalue weighted by Gasteiger charge is -1.95. The van der Waals surface area contributed by atoms with Crippen molar-refractivity contribution in [1.29, 1.82) is 0 Å². The first-order valence-corrected chi connectivity index (χ1v) is 5.39. The Kier molecular flexibility index (Phi) is 2.61. The van der Waals surface area contributed by atoms with Crippen molar-refractivity contribution in [1.82, 2.24) is 4.98 Å². The van der Waals surface area contributed by atoms with Gasteiger partial charge in [-0.05, 0) is 30.7 Å². The Morgan fingerprint density at radius 1 is 1.43 bits per heavy atom. The van der Waals surface area contributed by atoms with Gasteiger partial charge in [0.15, 0.2) is 0 Å². The van der Waals surface area contributed by atoms with Gasteiger partial charge in [0.2, 0.25) is 0 Å². The smallest absolute Gasteiger partial charge is 0.0485 e. The summed E-state index contributed by atoms with van der Waals surface area (Å²) in [6.07, 6.45) is 0.693. The molecule has 1 heterocycles. The minimum absolute atomic E-state index is 0.189. The molecule has 0 amide bonds. The molecule has 1 aromatic heterocycles. The maximum atomic E-state index is 8.89. The van der Waals surface area contributed by atoms with Crippen LogP contribution in [0, 0.1) is 6.92 Å². The highest BCUT2D eigenvalue weighted by molar-refractivity contribution is 9.10. The van der Waals surface area contributed by atoms with Gasteiger partial charge in [-0.15, -0.1) is 0 Å². The molecule has 0 unspecified atom stereocenters. The molecule has 0 aliphatic carbocycles. The first-order chi connectivity index (χ1) is 6.72. The van der Waals surface area contributed by atoms with Crippen molar-refractivity contribution in [2.45, 2.75) is 13.3 Å². The minimum atomic E-state index is 0.189. The molecular formula is C11H12BrNO. The number of hydrogen-bond donors (Lipinski definition) is 2. The van der Waals surface area contributed by atoms with Crippen molar-refractivity contribution < 1.29 is 5.11 Å². The normalized spacial score (nSPS) is 11.1. The molecule has 1 aromatic carbocycles. The van der Waals surface area contributed by atoms with E-state index in [4.69, 9.17) is 5.11 Å². The topological polar surface area (TPSA) is 36.0 Å². The summed E-state index contributed by atoms with van der Waals surface area (Å²) in [5.74, 6) is 0. The molecule has 0 aliphatic rings. The van der Waals surface area contributed by atoms with Gasteiger partial charge in [-0.3, -0.25) is 0 Å². The number of nitrogens with one attached hydrogen (secondary N) is 1. The van der Waals surface area contributed by atoms with Crippen molar-refractivity contribution in [2.24, 2.45) is 0 Å². The first-order valence-electron chi connectivity index (χ1n) is 4.60. The van der Waals surface area contributed by atoms with Crippen LogP contribution in [0.2, 0.25) is 0 Å². The molecule has 0 saturated heterocycles. The van der Waals surface area contributed by atoms with Crippen LogP contribution >= 0.6 is 15.9 Å². The quantitative estimate of drug-likeness (QED) is 0.849. The fourth-order valence-corrected chi connectivity index (χ4v) is 2.08. The SMILES string of the molecule is Cc1c(CCO)[nH]c2ccc(Br)cc12. The molecular weight excluding hydrogens is 242 g/mol. The maximum Gasteiger partial charge on any atom is 0.0485 e. The van der Waals surface area contributed by atoms with E-state index in [1.54, 1.807) is 0 Å². The van der Waals surface area contributed by atoms with Gasteiger partial charge in [0, 0.05) is 34.1 Å². The summed E-state index contributed by atoms with van der Waals surface area (Å²) >= 11 is 3.45. The number of halogens is 1. The Morgan fingerprint density at radius 2 is 2.21 bits per heavy atom.